The van der Waals surface area contributed by atoms with Crippen LogP contribution in [0.1, 0.15) is 16.1 Å². The molecule has 0 saturated heterocycles. The van der Waals surface area contributed by atoms with Gasteiger partial charge in [0.05, 0.1) is 16.5 Å². The highest BCUT2D eigenvalue weighted by Gasteiger charge is 2.39. The third-order valence-corrected chi connectivity index (χ3v) is 5.00. The van der Waals surface area contributed by atoms with Crippen LogP contribution in [0.3, 0.4) is 0 Å². The molecule has 3 aromatic carbocycles. The molecule has 0 amide bonds. The summed E-state index contributed by atoms with van der Waals surface area (Å²) in [5, 5.41) is -0.0599. The summed E-state index contributed by atoms with van der Waals surface area (Å²) in [5.74, 6) is -2.16. The number of benzene rings is 3. The van der Waals surface area contributed by atoms with Crippen LogP contribution in [0.4, 0.5) is 13.2 Å². The first-order chi connectivity index (χ1) is 14.7. The second kappa shape index (κ2) is 8.03. The lowest BCUT2D eigenvalue weighted by molar-refractivity contribution is -0.152. The van der Waals surface area contributed by atoms with Crippen molar-refractivity contribution in [1.29, 1.82) is 0 Å². The van der Waals surface area contributed by atoms with Crippen molar-refractivity contribution < 1.29 is 27.1 Å². The van der Waals surface area contributed by atoms with E-state index in [1.165, 1.54) is 48.5 Å². The van der Waals surface area contributed by atoms with Crippen molar-refractivity contribution in [3.63, 3.8) is 0 Å². The van der Waals surface area contributed by atoms with Crippen molar-refractivity contribution >= 4 is 32.9 Å². The number of hydrogen-bond donors (Lipinski definition) is 0. The first-order valence-electron chi connectivity index (χ1n) is 8.95. The zero-order valence-corrected chi connectivity index (χ0v) is 17.2. The van der Waals surface area contributed by atoms with Crippen LogP contribution in [0.15, 0.2) is 86.5 Å². The maximum Gasteiger partial charge on any atom is 0.450 e. The molecule has 0 radical (unpaired) electrons. The van der Waals surface area contributed by atoms with Crippen molar-refractivity contribution in [2.24, 2.45) is 0 Å². The van der Waals surface area contributed by atoms with Crippen molar-refractivity contribution in [3.8, 4) is 16.9 Å². The number of hydrogen-bond acceptors (Lipinski definition) is 4. The number of esters is 1. The molecule has 156 valence electrons. The summed E-state index contributed by atoms with van der Waals surface area (Å²) in [5.41, 5.74) is -1.39. The maximum absolute atomic E-state index is 13.7. The van der Waals surface area contributed by atoms with Crippen LogP contribution in [-0.2, 0) is 6.18 Å². The summed E-state index contributed by atoms with van der Waals surface area (Å²) >= 11 is 3.25. The lowest BCUT2D eigenvalue weighted by atomic mass is 10.0. The second-order valence-corrected chi connectivity index (χ2v) is 7.47. The number of halogens is 4. The lowest BCUT2D eigenvalue weighted by Gasteiger charge is -2.13. The lowest BCUT2D eigenvalue weighted by Crippen LogP contribution is -2.16. The number of rotatable bonds is 3. The molecule has 0 saturated carbocycles. The fourth-order valence-corrected chi connectivity index (χ4v) is 3.32. The first kappa shape index (κ1) is 20.9. The van der Waals surface area contributed by atoms with Crippen LogP contribution in [-0.4, -0.2) is 5.97 Å². The number of fused-ring (bicyclic) bond motifs is 1. The average molecular weight is 489 g/mol. The van der Waals surface area contributed by atoms with Crippen LogP contribution in [0, 0.1) is 0 Å². The third-order valence-electron chi connectivity index (χ3n) is 4.47. The third kappa shape index (κ3) is 4.25. The number of carbonyl (C=O) groups is 1. The van der Waals surface area contributed by atoms with Crippen molar-refractivity contribution in [2.45, 2.75) is 6.18 Å². The Bertz CT molecular complexity index is 1330. The summed E-state index contributed by atoms with van der Waals surface area (Å²) in [6, 6.07) is 17.6. The number of alkyl halides is 3. The van der Waals surface area contributed by atoms with Gasteiger partial charge in [-0.2, -0.15) is 13.2 Å². The van der Waals surface area contributed by atoms with Gasteiger partial charge in [-0.3, -0.25) is 4.79 Å². The number of carbonyl (C=O) groups excluding carboxylic acids is 1. The Morgan fingerprint density at radius 1 is 0.935 bits per heavy atom. The van der Waals surface area contributed by atoms with E-state index in [1.54, 1.807) is 18.2 Å². The van der Waals surface area contributed by atoms with Crippen LogP contribution in [0.2, 0.25) is 0 Å². The molecular weight excluding hydrogens is 477 g/mol. The second-order valence-electron chi connectivity index (χ2n) is 6.55. The fourth-order valence-electron chi connectivity index (χ4n) is 3.06. The molecule has 4 aromatic rings. The van der Waals surface area contributed by atoms with E-state index in [9.17, 15) is 22.8 Å². The van der Waals surface area contributed by atoms with E-state index in [0.29, 0.717) is 0 Å². The van der Waals surface area contributed by atoms with E-state index in [-0.39, 0.29) is 27.8 Å². The van der Waals surface area contributed by atoms with Gasteiger partial charge < -0.3 is 9.15 Å². The molecule has 0 aliphatic heterocycles. The van der Waals surface area contributed by atoms with E-state index >= 15 is 0 Å². The normalized spacial score (nSPS) is 11.5. The molecule has 0 bridgehead atoms. The Hall–Kier alpha value is -3.39. The Morgan fingerprint density at radius 3 is 2.26 bits per heavy atom. The van der Waals surface area contributed by atoms with Gasteiger partial charge in [-0.05, 0) is 42.0 Å². The minimum absolute atomic E-state index is 0.0517. The van der Waals surface area contributed by atoms with Gasteiger partial charge in [0.1, 0.15) is 11.3 Å². The maximum atomic E-state index is 13.7. The summed E-state index contributed by atoms with van der Waals surface area (Å²) in [7, 11) is 0. The van der Waals surface area contributed by atoms with E-state index in [1.807, 2.05) is 0 Å². The van der Waals surface area contributed by atoms with E-state index < -0.39 is 28.9 Å². The largest absolute Gasteiger partial charge is 0.450 e. The topological polar surface area (TPSA) is 56.5 Å². The smallest absolute Gasteiger partial charge is 0.450 e. The fraction of sp³-hybridized carbons (Fsp3) is 0.0435. The number of ether oxygens (including phenoxy) is 1. The van der Waals surface area contributed by atoms with Gasteiger partial charge in [0.2, 0.25) is 11.2 Å². The molecule has 4 nitrogen and oxygen atoms in total. The molecule has 1 aromatic heterocycles. The van der Waals surface area contributed by atoms with Crippen LogP contribution in [0.5, 0.6) is 5.75 Å². The summed E-state index contributed by atoms with van der Waals surface area (Å²) in [6.07, 6.45) is -4.90. The van der Waals surface area contributed by atoms with Gasteiger partial charge in [0.25, 0.3) is 0 Å². The molecule has 0 atom stereocenters. The van der Waals surface area contributed by atoms with E-state index in [4.69, 9.17) is 9.15 Å². The summed E-state index contributed by atoms with van der Waals surface area (Å²) in [4.78, 5) is 25.2. The standard InChI is InChI=1S/C23H12BrF3O4/c24-15-8-6-14(7-9-15)22(29)30-16-10-11-17-18(12-16)31-21(23(25,26)27)19(20(17)28)13-4-2-1-3-5-13/h1-12H. The highest BCUT2D eigenvalue weighted by Crippen LogP contribution is 2.37. The minimum Gasteiger partial charge on any atom is -0.450 e. The van der Waals surface area contributed by atoms with E-state index in [2.05, 4.69) is 15.9 Å². The van der Waals surface area contributed by atoms with Crippen LogP contribution < -0.4 is 10.2 Å². The molecular formula is C23H12BrF3O4. The zero-order valence-electron chi connectivity index (χ0n) is 15.6. The van der Waals surface area contributed by atoms with Gasteiger partial charge >= 0.3 is 12.1 Å². The predicted molar refractivity (Wildman–Crippen MR) is 112 cm³/mol. The molecule has 4 rings (SSSR count). The Balaban J connectivity index is 1.81. The highest BCUT2D eigenvalue weighted by molar-refractivity contribution is 9.10. The van der Waals surface area contributed by atoms with Gasteiger partial charge in [-0.15, -0.1) is 0 Å². The molecule has 31 heavy (non-hydrogen) atoms. The van der Waals surface area contributed by atoms with Crippen molar-refractivity contribution in [2.75, 3.05) is 0 Å². The van der Waals surface area contributed by atoms with E-state index in [0.717, 1.165) is 10.5 Å². The predicted octanol–water partition coefficient (Wildman–Crippen LogP) is 6.46. The summed E-state index contributed by atoms with van der Waals surface area (Å²) < 4.78 is 52.2. The van der Waals surface area contributed by atoms with Crippen molar-refractivity contribution in [1.82, 2.24) is 0 Å². The molecule has 0 fully saturated rings. The molecule has 8 heteroatoms. The highest BCUT2D eigenvalue weighted by atomic mass is 79.9. The molecule has 0 unspecified atom stereocenters. The Labute approximate surface area is 182 Å². The van der Waals surface area contributed by atoms with Gasteiger partial charge in [0.15, 0.2) is 0 Å². The first-order valence-corrected chi connectivity index (χ1v) is 9.74. The van der Waals surface area contributed by atoms with Gasteiger partial charge in [0, 0.05) is 10.5 Å². The summed E-state index contributed by atoms with van der Waals surface area (Å²) in [6.45, 7) is 0. The molecule has 1 heterocycles. The quantitative estimate of drug-likeness (QED) is 0.245. The van der Waals surface area contributed by atoms with Crippen LogP contribution >= 0.6 is 15.9 Å². The SMILES string of the molecule is O=C(Oc1ccc2c(=O)c(-c3ccccc3)c(C(F)(F)F)oc2c1)c1ccc(Br)cc1. The molecule has 0 aliphatic carbocycles. The molecule has 0 spiro atoms. The van der Waals surface area contributed by atoms with Crippen molar-refractivity contribution in [3.05, 3.63) is 98.8 Å². The zero-order chi connectivity index (χ0) is 22.2. The Kier molecular flexibility index (Phi) is 5.41. The Morgan fingerprint density at radius 2 is 1.61 bits per heavy atom. The van der Waals surface area contributed by atoms with Gasteiger partial charge in [-0.25, -0.2) is 4.79 Å². The minimum atomic E-state index is -4.90. The van der Waals surface area contributed by atoms with Crippen LogP contribution in [0.25, 0.3) is 22.1 Å². The average Bonchev–Trinajstić information content (AvgIpc) is 2.74. The molecule has 0 aliphatic rings. The van der Waals surface area contributed by atoms with Gasteiger partial charge in [-0.1, -0.05) is 46.3 Å². The molecule has 0 N–H and O–H groups in total. The monoisotopic (exact) mass is 488 g/mol.